The van der Waals surface area contributed by atoms with Crippen molar-refractivity contribution in [2.24, 2.45) is 0 Å². The maximum atomic E-state index is 12.6. The lowest BCUT2D eigenvalue weighted by Gasteiger charge is -2.31. The van der Waals surface area contributed by atoms with E-state index < -0.39 is 20.8 Å². The lowest BCUT2D eigenvalue weighted by atomic mass is 10.1. The topological polar surface area (TPSA) is 80.3 Å². The van der Waals surface area contributed by atoms with Crippen LogP contribution in [0.4, 0.5) is 0 Å². The SMILES string of the molecule is COP(=O)(OC)C(OC1C=CCCC1)P(=O)(OC)OC. The molecule has 1 aliphatic rings. The predicted molar refractivity (Wildman–Crippen MR) is 74.9 cm³/mol. The molecule has 0 aromatic carbocycles. The van der Waals surface area contributed by atoms with Gasteiger partial charge in [0.2, 0.25) is 0 Å². The molecule has 0 saturated heterocycles. The molecule has 9 heteroatoms. The largest absolute Gasteiger partial charge is 0.371 e. The van der Waals surface area contributed by atoms with Crippen molar-refractivity contribution < 1.29 is 32.0 Å². The summed E-state index contributed by atoms with van der Waals surface area (Å²) in [5.74, 6) is 0. The summed E-state index contributed by atoms with van der Waals surface area (Å²) in [4.78, 5) is 0. The molecule has 0 heterocycles. The van der Waals surface area contributed by atoms with Crippen molar-refractivity contribution in [1.82, 2.24) is 0 Å². The summed E-state index contributed by atoms with van der Waals surface area (Å²) >= 11 is 0. The Hall–Kier alpha value is -0.0000000000000000416. The van der Waals surface area contributed by atoms with E-state index in [1.54, 1.807) is 0 Å². The first-order valence-corrected chi connectivity index (χ1v) is 9.42. The van der Waals surface area contributed by atoms with E-state index >= 15 is 0 Å². The zero-order valence-electron chi connectivity index (χ0n) is 12.2. The van der Waals surface area contributed by atoms with Crippen molar-refractivity contribution in [2.75, 3.05) is 28.4 Å². The van der Waals surface area contributed by atoms with E-state index in [1.807, 2.05) is 12.2 Å². The van der Waals surface area contributed by atoms with Crippen LogP contribution in [0.25, 0.3) is 0 Å². The van der Waals surface area contributed by atoms with E-state index in [9.17, 15) is 9.13 Å². The molecule has 1 rings (SSSR count). The minimum absolute atomic E-state index is 0.328. The molecule has 0 radical (unpaired) electrons. The van der Waals surface area contributed by atoms with Crippen LogP contribution in [0.5, 0.6) is 0 Å². The van der Waals surface area contributed by atoms with Crippen molar-refractivity contribution in [3.8, 4) is 0 Å². The van der Waals surface area contributed by atoms with Crippen LogP contribution in [0, 0.1) is 0 Å². The van der Waals surface area contributed by atoms with Crippen LogP contribution in [0.1, 0.15) is 19.3 Å². The zero-order chi connectivity index (χ0) is 15.2. The Morgan fingerprint density at radius 3 is 1.85 bits per heavy atom. The van der Waals surface area contributed by atoms with E-state index in [4.69, 9.17) is 22.8 Å². The molecule has 118 valence electrons. The van der Waals surface area contributed by atoms with Gasteiger partial charge in [0, 0.05) is 28.4 Å². The summed E-state index contributed by atoms with van der Waals surface area (Å²) < 4.78 is 50.4. The van der Waals surface area contributed by atoms with Crippen molar-refractivity contribution in [3.05, 3.63) is 12.2 Å². The number of allylic oxidation sites excluding steroid dienone is 1. The number of ether oxygens (including phenoxy) is 1. The van der Waals surface area contributed by atoms with Crippen LogP contribution in [0.2, 0.25) is 0 Å². The molecule has 1 atom stereocenters. The van der Waals surface area contributed by atoms with Crippen molar-refractivity contribution in [1.29, 1.82) is 0 Å². The van der Waals surface area contributed by atoms with E-state index in [2.05, 4.69) is 0 Å². The van der Waals surface area contributed by atoms with E-state index in [0.29, 0.717) is 0 Å². The normalized spacial score (nSPS) is 20.6. The molecular weight excluding hydrogens is 306 g/mol. The molecule has 0 aromatic rings. The summed E-state index contributed by atoms with van der Waals surface area (Å²) in [6, 6.07) is 0. The molecule has 20 heavy (non-hydrogen) atoms. The lowest BCUT2D eigenvalue weighted by Crippen LogP contribution is -2.24. The summed E-state index contributed by atoms with van der Waals surface area (Å²) in [6.45, 7) is 0. The van der Waals surface area contributed by atoms with Gasteiger partial charge in [0.1, 0.15) is 0 Å². The highest BCUT2D eigenvalue weighted by Crippen LogP contribution is 2.69. The Bertz CT molecular complexity index is 381. The molecule has 0 spiro atoms. The smallest absolute Gasteiger partial charge is 0.347 e. The summed E-state index contributed by atoms with van der Waals surface area (Å²) in [5, 5.41) is 0. The minimum atomic E-state index is -3.78. The maximum absolute atomic E-state index is 12.6. The fraction of sp³-hybridized carbons (Fsp3) is 0.818. The molecule has 1 aliphatic carbocycles. The highest BCUT2D eigenvalue weighted by atomic mass is 31.2. The maximum Gasteiger partial charge on any atom is 0.371 e. The number of hydrogen-bond donors (Lipinski definition) is 0. The molecule has 7 nitrogen and oxygen atoms in total. The van der Waals surface area contributed by atoms with Crippen LogP contribution in [0.15, 0.2) is 12.2 Å². The molecule has 0 saturated carbocycles. The molecule has 0 amide bonds. The van der Waals surface area contributed by atoms with Gasteiger partial charge in [0.15, 0.2) is 0 Å². The summed E-state index contributed by atoms with van der Waals surface area (Å²) in [5.41, 5.74) is -1.42. The predicted octanol–water partition coefficient (Wildman–Crippen LogP) is 3.37. The third kappa shape index (κ3) is 4.01. The fourth-order valence-corrected chi connectivity index (χ4v) is 6.03. The van der Waals surface area contributed by atoms with Crippen molar-refractivity contribution in [2.45, 2.75) is 31.0 Å². The molecule has 1 unspecified atom stereocenters. The first-order valence-electron chi connectivity index (χ1n) is 6.20. The number of rotatable bonds is 8. The quantitative estimate of drug-likeness (QED) is 0.499. The van der Waals surface area contributed by atoms with Crippen molar-refractivity contribution in [3.63, 3.8) is 0 Å². The van der Waals surface area contributed by atoms with Crippen LogP contribution >= 0.6 is 15.2 Å². The van der Waals surface area contributed by atoms with Gasteiger partial charge in [0.25, 0.3) is 5.59 Å². The highest BCUT2D eigenvalue weighted by Gasteiger charge is 2.51. The number of hydrogen-bond acceptors (Lipinski definition) is 7. The van der Waals surface area contributed by atoms with E-state index in [0.717, 1.165) is 19.3 Å². The van der Waals surface area contributed by atoms with Crippen LogP contribution in [-0.2, 0) is 32.0 Å². The highest BCUT2D eigenvalue weighted by molar-refractivity contribution is 7.72. The van der Waals surface area contributed by atoms with Gasteiger partial charge >= 0.3 is 15.2 Å². The minimum Gasteiger partial charge on any atom is -0.347 e. The standard InChI is InChI=1S/C11H22O7P2/c1-14-19(12,15-2)11(20(13,16-3)17-4)18-10-8-6-5-7-9-10/h6,8,10-11H,5,7,9H2,1-4H3. The Labute approximate surface area is 119 Å². The molecule has 0 N–H and O–H groups in total. The monoisotopic (exact) mass is 328 g/mol. The van der Waals surface area contributed by atoms with E-state index in [1.165, 1.54) is 28.4 Å². The average molecular weight is 328 g/mol. The second kappa shape index (κ2) is 7.85. The second-order valence-corrected chi connectivity index (χ2v) is 9.14. The van der Waals surface area contributed by atoms with Crippen LogP contribution in [0.3, 0.4) is 0 Å². The molecular formula is C11H22O7P2. The van der Waals surface area contributed by atoms with Crippen LogP contribution in [-0.4, -0.2) is 40.1 Å². The van der Waals surface area contributed by atoms with Gasteiger partial charge in [-0.2, -0.15) is 0 Å². The summed E-state index contributed by atoms with van der Waals surface area (Å²) in [6.07, 6.45) is 6.09. The Morgan fingerprint density at radius 2 is 1.50 bits per heavy atom. The van der Waals surface area contributed by atoms with Gasteiger partial charge in [-0.05, 0) is 19.3 Å². The first kappa shape index (κ1) is 18.1. The zero-order valence-corrected chi connectivity index (χ0v) is 14.0. The lowest BCUT2D eigenvalue weighted by molar-refractivity contribution is 0.0518. The van der Waals surface area contributed by atoms with Gasteiger partial charge < -0.3 is 22.8 Å². The van der Waals surface area contributed by atoms with Gasteiger partial charge in [-0.25, -0.2) is 0 Å². The third-order valence-corrected chi connectivity index (χ3v) is 8.12. The summed E-state index contributed by atoms with van der Waals surface area (Å²) in [7, 11) is -2.76. The van der Waals surface area contributed by atoms with Gasteiger partial charge in [-0.1, -0.05) is 12.2 Å². The second-order valence-electron chi connectivity index (χ2n) is 4.17. The first-order chi connectivity index (χ1) is 9.45. The molecule has 0 aromatic heterocycles. The Morgan fingerprint density at radius 1 is 1.00 bits per heavy atom. The Kier molecular flexibility index (Phi) is 7.09. The van der Waals surface area contributed by atoms with Gasteiger partial charge in [0.05, 0.1) is 6.10 Å². The Balaban J connectivity index is 3.06. The van der Waals surface area contributed by atoms with Crippen molar-refractivity contribution >= 4 is 15.2 Å². The molecule has 0 aliphatic heterocycles. The third-order valence-electron chi connectivity index (χ3n) is 3.07. The van der Waals surface area contributed by atoms with Gasteiger partial charge in [-0.3, -0.25) is 9.13 Å². The van der Waals surface area contributed by atoms with Gasteiger partial charge in [-0.15, -0.1) is 0 Å². The average Bonchev–Trinajstić information content (AvgIpc) is 2.52. The van der Waals surface area contributed by atoms with E-state index in [-0.39, 0.29) is 6.10 Å². The molecule has 0 bridgehead atoms. The molecule has 0 fully saturated rings. The van der Waals surface area contributed by atoms with Crippen LogP contribution < -0.4 is 0 Å². The fourth-order valence-electron chi connectivity index (χ4n) is 1.88.